The Morgan fingerprint density at radius 2 is 2.03 bits per heavy atom. The fraction of sp³-hybridized carbons (Fsp3) is 0.591. The molecule has 1 unspecified atom stereocenters. The van der Waals surface area contributed by atoms with Crippen molar-refractivity contribution in [3.05, 3.63) is 47.6 Å². The highest BCUT2D eigenvalue weighted by Crippen LogP contribution is 2.26. The molecule has 162 valence electrons. The van der Waals surface area contributed by atoms with Gasteiger partial charge in [-0.05, 0) is 30.7 Å². The number of nitrogens with one attached hydrogen (secondary N) is 1. The number of aromatic nitrogens is 2. The predicted octanol–water partition coefficient (Wildman–Crippen LogP) is 2.75. The number of benzene rings is 1. The molecule has 1 atom stereocenters. The second kappa shape index (κ2) is 10.5. The van der Waals surface area contributed by atoms with Crippen molar-refractivity contribution in [1.82, 2.24) is 20.4 Å². The Labute approximate surface area is 176 Å². The normalized spacial score (nSPS) is 19.9. The lowest BCUT2D eigenvalue weighted by molar-refractivity contribution is 0.0211. The molecule has 2 aliphatic heterocycles. The van der Waals surface area contributed by atoms with Crippen LogP contribution in [0.5, 0.6) is 0 Å². The van der Waals surface area contributed by atoms with Gasteiger partial charge >= 0.3 is 6.03 Å². The van der Waals surface area contributed by atoms with E-state index in [1.54, 1.807) is 0 Å². The number of hydrogen-bond acceptors (Lipinski definition) is 6. The summed E-state index contributed by atoms with van der Waals surface area (Å²) in [5.74, 6) is 1.98. The molecule has 8 nitrogen and oxygen atoms in total. The third kappa shape index (κ3) is 5.79. The van der Waals surface area contributed by atoms with Crippen LogP contribution in [0.4, 0.5) is 4.79 Å². The fourth-order valence-electron chi connectivity index (χ4n) is 3.89. The summed E-state index contributed by atoms with van der Waals surface area (Å²) in [4.78, 5) is 18.8. The van der Waals surface area contributed by atoms with Gasteiger partial charge in [0.05, 0.1) is 12.5 Å². The van der Waals surface area contributed by atoms with Crippen molar-refractivity contribution < 1.29 is 18.8 Å². The van der Waals surface area contributed by atoms with Crippen molar-refractivity contribution in [1.29, 1.82) is 0 Å². The van der Waals surface area contributed by atoms with E-state index in [0.29, 0.717) is 50.3 Å². The van der Waals surface area contributed by atoms with Crippen LogP contribution >= 0.6 is 0 Å². The summed E-state index contributed by atoms with van der Waals surface area (Å²) in [6, 6.07) is 9.85. The van der Waals surface area contributed by atoms with Gasteiger partial charge in [-0.2, -0.15) is 4.98 Å². The minimum absolute atomic E-state index is 0.0531. The Balaban J connectivity index is 1.17. The Bertz CT molecular complexity index is 791. The molecule has 2 fully saturated rings. The molecule has 4 rings (SSSR count). The Kier molecular flexibility index (Phi) is 7.31. The maximum atomic E-state index is 12.4. The molecule has 0 radical (unpaired) electrons. The van der Waals surface area contributed by atoms with Gasteiger partial charge in [0.2, 0.25) is 5.89 Å². The molecule has 0 aliphatic carbocycles. The van der Waals surface area contributed by atoms with Crippen LogP contribution in [-0.4, -0.2) is 60.6 Å². The molecule has 1 aromatic heterocycles. The molecule has 8 heteroatoms. The average molecular weight is 415 g/mol. The highest BCUT2D eigenvalue weighted by atomic mass is 16.5. The summed E-state index contributed by atoms with van der Waals surface area (Å²) in [5, 5.41) is 7.06. The van der Waals surface area contributed by atoms with Crippen molar-refractivity contribution in [2.75, 3.05) is 39.5 Å². The number of ether oxygens (including phenoxy) is 2. The van der Waals surface area contributed by atoms with Gasteiger partial charge in [0, 0.05) is 45.9 Å². The van der Waals surface area contributed by atoms with Crippen LogP contribution in [0.3, 0.4) is 0 Å². The molecule has 0 saturated carbocycles. The zero-order valence-electron chi connectivity index (χ0n) is 17.3. The Morgan fingerprint density at radius 1 is 1.20 bits per heavy atom. The van der Waals surface area contributed by atoms with Gasteiger partial charge in [-0.3, -0.25) is 0 Å². The maximum absolute atomic E-state index is 12.4. The lowest BCUT2D eigenvalue weighted by Gasteiger charge is -2.21. The number of urea groups is 1. The van der Waals surface area contributed by atoms with E-state index in [4.69, 9.17) is 14.0 Å². The summed E-state index contributed by atoms with van der Waals surface area (Å²) < 4.78 is 16.6. The molecule has 0 bridgehead atoms. The van der Waals surface area contributed by atoms with E-state index in [2.05, 4.69) is 15.5 Å². The highest BCUT2D eigenvalue weighted by Gasteiger charge is 2.31. The molecule has 0 spiro atoms. The standard InChI is InChI=1S/C22H30N4O4/c27-22(23-14-17-4-2-1-3-5-17)26-10-6-19(15-26)21-24-20(25-30-21)9-13-29-16-18-7-11-28-12-8-18/h1-5,18-19H,6-16H2,(H,23,27). The van der Waals surface area contributed by atoms with Crippen molar-refractivity contribution in [2.24, 2.45) is 5.92 Å². The number of carbonyl (C=O) groups excluding carboxylic acids is 1. The average Bonchev–Trinajstić information content (AvgIpc) is 3.46. The third-order valence-electron chi connectivity index (χ3n) is 5.76. The maximum Gasteiger partial charge on any atom is 0.317 e. The van der Waals surface area contributed by atoms with Crippen molar-refractivity contribution in [3.63, 3.8) is 0 Å². The number of carbonyl (C=O) groups is 1. The number of likely N-dealkylation sites (tertiary alicyclic amines) is 1. The van der Waals surface area contributed by atoms with Crippen LogP contribution in [-0.2, 0) is 22.4 Å². The van der Waals surface area contributed by atoms with Gasteiger partial charge in [-0.1, -0.05) is 35.5 Å². The molecule has 2 amide bonds. The SMILES string of the molecule is O=C(NCc1ccccc1)N1CCC(c2nc(CCOCC3CCOCC3)no2)C1. The quantitative estimate of drug-likeness (QED) is 0.668. The molecule has 2 saturated heterocycles. The molecular weight excluding hydrogens is 384 g/mol. The lowest BCUT2D eigenvalue weighted by atomic mass is 10.0. The highest BCUT2D eigenvalue weighted by molar-refractivity contribution is 5.74. The Morgan fingerprint density at radius 3 is 2.87 bits per heavy atom. The van der Waals surface area contributed by atoms with Crippen LogP contribution in [0.25, 0.3) is 0 Å². The number of hydrogen-bond donors (Lipinski definition) is 1. The number of amides is 2. The van der Waals surface area contributed by atoms with Crippen molar-refractivity contribution in [3.8, 4) is 0 Å². The number of rotatable bonds is 8. The monoisotopic (exact) mass is 414 g/mol. The van der Waals surface area contributed by atoms with Crippen molar-refractivity contribution in [2.45, 2.75) is 38.1 Å². The summed E-state index contributed by atoms with van der Waals surface area (Å²) in [5.41, 5.74) is 1.09. The van der Waals surface area contributed by atoms with E-state index in [-0.39, 0.29) is 11.9 Å². The summed E-state index contributed by atoms with van der Waals surface area (Å²) in [6.45, 7) is 4.85. The third-order valence-corrected chi connectivity index (χ3v) is 5.76. The minimum atomic E-state index is -0.0531. The van der Waals surface area contributed by atoms with E-state index in [1.165, 1.54) is 0 Å². The van der Waals surface area contributed by atoms with Crippen LogP contribution in [0.15, 0.2) is 34.9 Å². The predicted molar refractivity (Wildman–Crippen MR) is 110 cm³/mol. The van der Waals surface area contributed by atoms with Gasteiger partial charge in [-0.15, -0.1) is 0 Å². The topological polar surface area (TPSA) is 89.7 Å². The zero-order valence-corrected chi connectivity index (χ0v) is 17.3. The fourth-order valence-corrected chi connectivity index (χ4v) is 3.89. The van der Waals surface area contributed by atoms with Gasteiger partial charge in [0.15, 0.2) is 5.82 Å². The van der Waals surface area contributed by atoms with E-state index in [9.17, 15) is 4.79 Å². The van der Waals surface area contributed by atoms with Gasteiger partial charge in [0.1, 0.15) is 0 Å². The summed E-state index contributed by atoms with van der Waals surface area (Å²) >= 11 is 0. The molecule has 1 N–H and O–H groups in total. The first kappa shape index (κ1) is 20.8. The number of nitrogens with zero attached hydrogens (tertiary/aromatic N) is 3. The second-order valence-electron chi connectivity index (χ2n) is 8.01. The van der Waals surface area contributed by atoms with Crippen LogP contribution in [0.2, 0.25) is 0 Å². The van der Waals surface area contributed by atoms with E-state index >= 15 is 0 Å². The molecule has 2 aliphatic rings. The lowest BCUT2D eigenvalue weighted by Crippen LogP contribution is -2.37. The van der Waals surface area contributed by atoms with Crippen molar-refractivity contribution >= 4 is 6.03 Å². The first-order valence-corrected chi connectivity index (χ1v) is 10.8. The molecule has 3 heterocycles. The van der Waals surface area contributed by atoms with E-state index in [0.717, 1.165) is 44.6 Å². The van der Waals surface area contributed by atoms with E-state index in [1.807, 2.05) is 35.2 Å². The van der Waals surface area contributed by atoms with Crippen LogP contribution in [0, 0.1) is 5.92 Å². The van der Waals surface area contributed by atoms with Gasteiger partial charge < -0.3 is 24.2 Å². The first-order chi connectivity index (χ1) is 14.8. The van der Waals surface area contributed by atoms with Crippen LogP contribution < -0.4 is 5.32 Å². The minimum Gasteiger partial charge on any atom is -0.381 e. The Hall–Kier alpha value is -2.45. The van der Waals surface area contributed by atoms with Gasteiger partial charge in [0.25, 0.3) is 0 Å². The summed E-state index contributed by atoms with van der Waals surface area (Å²) in [6.07, 6.45) is 3.62. The molecule has 1 aromatic carbocycles. The molecular formula is C22H30N4O4. The smallest absolute Gasteiger partial charge is 0.317 e. The summed E-state index contributed by atoms with van der Waals surface area (Å²) in [7, 11) is 0. The largest absolute Gasteiger partial charge is 0.381 e. The first-order valence-electron chi connectivity index (χ1n) is 10.8. The molecule has 30 heavy (non-hydrogen) atoms. The molecule has 2 aromatic rings. The van der Waals surface area contributed by atoms with Crippen LogP contribution in [0.1, 0.15) is 42.5 Å². The second-order valence-corrected chi connectivity index (χ2v) is 8.01. The zero-order chi connectivity index (χ0) is 20.6. The van der Waals surface area contributed by atoms with Gasteiger partial charge in [-0.25, -0.2) is 4.79 Å². The van der Waals surface area contributed by atoms with E-state index < -0.39 is 0 Å².